The summed E-state index contributed by atoms with van der Waals surface area (Å²) in [4.78, 5) is 19.2. The van der Waals surface area contributed by atoms with Gasteiger partial charge in [-0.2, -0.15) is 0 Å². The van der Waals surface area contributed by atoms with E-state index in [1.54, 1.807) is 11.3 Å². The molecule has 4 nitrogen and oxygen atoms in total. The Bertz CT molecular complexity index is 696. The van der Waals surface area contributed by atoms with Gasteiger partial charge in [-0.3, -0.25) is 4.79 Å². The van der Waals surface area contributed by atoms with Crippen molar-refractivity contribution in [3.8, 4) is 10.6 Å². The Kier molecular flexibility index (Phi) is 5.01. The molecule has 5 heteroatoms. The van der Waals surface area contributed by atoms with Crippen LogP contribution in [-0.2, 0) is 11.2 Å². The van der Waals surface area contributed by atoms with Crippen LogP contribution in [0.25, 0.3) is 10.6 Å². The average Bonchev–Trinajstić information content (AvgIpc) is 2.94. The van der Waals surface area contributed by atoms with E-state index in [2.05, 4.69) is 18.8 Å². The molecule has 3 rings (SSSR count). The topological polar surface area (TPSA) is 53.4 Å². The predicted octanol–water partition coefficient (Wildman–Crippen LogP) is 3.36. The molecule has 128 valence electrons. The highest BCUT2D eigenvalue weighted by atomic mass is 32.1. The number of hydrogen-bond acceptors (Lipinski definition) is 4. The van der Waals surface area contributed by atoms with Gasteiger partial charge in [0.05, 0.1) is 18.2 Å². The van der Waals surface area contributed by atoms with Crippen molar-refractivity contribution in [3.05, 3.63) is 41.4 Å². The van der Waals surface area contributed by atoms with E-state index in [-0.39, 0.29) is 17.4 Å². The van der Waals surface area contributed by atoms with Gasteiger partial charge >= 0.3 is 0 Å². The lowest BCUT2D eigenvalue weighted by atomic mass is 9.87. The van der Waals surface area contributed by atoms with Crippen molar-refractivity contribution in [3.63, 3.8) is 0 Å². The van der Waals surface area contributed by atoms with Gasteiger partial charge < -0.3 is 10.0 Å². The number of carbonyl (C=O) groups excluding carboxylic acids is 1. The van der Waals surface area contributed by atoms with Gasteiger partial charge in [0.2, 0.25) is 5.91 Å². The van der Waals surface area contributed by atoms with Gasteiger partial charge in [-0.05, 0) is 18.3 Å². The van der Waals surface area contributed by atoms with Gasteiger partial charge in [0.1, 0.15) is 5.01 Å². The van der Waals surface area contributed by atoms with E-state index in [9.17, 15) is 9.90 Å². The van der Waals surface area contributed by atoms with Crippen LogP contribution in [0.5, 0.6) is 0 Å². The van der Waals surface area contributed by atoms with Gasteiger partial charge in [-0.1, -0.05) is 44.2 Å². The molecule has 0 bridgehead atoms. The van der Waals surface area contributed by atoms with Crippen molar-refractivity contribution in [1.82, 2.24) is 9.88 Å². The number of aliphatic hydroxyl groups excluding tert-OH is 1. The molecule has 1 aromatic carbocycles. The predicted molar refractivity (Wildman–Crippen MR) is 96.9 cm³/mol. The summed E-state index contributed by atoms with van der Waals surface area (Å²) >= 11 is 1.57. The number of hydrogen-bond donors (Lipinski definition) is 1. The van der Waals surface area contributed by atoms with Crippen molar-refractivity contribution in [2.24, 2.45) is 5.41 Å². The summed E-state index contributed by atoms with van der Waals surface area (Å²) in [5, 5.41) is 12.9. The number of aliphatic hydroxyl groups is 1. The fourth-order valence-electron chi connectivity index (χ4n) is 3.29. The molecule has 1 amide bonds. The van der Waals surface area contributed by atoms with E-state index in [4.69, 9.17) is 0 Å². The second-order valence-electron chi connectivity index (χ2n) is 7.31. The Hall–Kier alpha value is -1.72. The summed E-state index contributed by atoms with van der Waals surface area (Å²) in [6.45, 7) is 5.54. The van der Waals surface area contributed by atoms with E-state index in [0.717, 1.165) is 22.7 Å². The fourth-order valence-corrected chi connectivity index (χ4v) is 4.11. The first kappa shape index (κ1) is 17.1. The van der Waals surface area contributed by atoms with E-state index in [1.165, 1.54) is 0 Å². The fraction of sp³-hybridized carbons (Fsp3) is 0.474. The van der Waals surface area contributed by atoms with Gasteiger partial charge in [-0.15, -0.1) is 11.3 Å². The van der Waals surface area contributed by atoms with Crippen LogP contribution in [0.1, 0.15) is 32.4 Å². The Morgan fingerprint density at radius 3 is 2.88 bits per heavy atom. The van der Waals surface area contributed by atoms with Crippen molar-refractivity contribution >= 4 is 17.2 Å². The molecule has 24 heavy (non-hydrogen) atoms. The van der Waals surface area contributed by atoms with Crippen LogP contribution in [0, 0.1) is 5.41 Å². The van der Waals surface area contributed by atoms with Gasteiger partial charge in [0.25, 0.3) is 0 Å². The highest BCUT2D eigenvalue weighted by molar-refractivity contribution is 7.13. The Morgan fingerprint density at radius 2 is 2.12 bits per heavy atom. The molecular formula is C19H24N2O2S. The van der Waals surface area contributed by atoms with Crippen LogP contribution in [0.2, 0.25) is 0 Å². The smallest absolute Gasteiger partial charge is 0.228 e. The van der Waals surface area contributed by atoms with E-state index in [0.29, 0.717) is 25.9 Å². The van der Waals surface area contributed by atoms with Crippen LogP contribution in [0.3, 0.4) is 0 Å². The van der Waals surface area contributed by atoms with Gasteiger partial charge in [0.15, 0.2) is 0 Å². The van der Waals surface area contributed by atoms with Crippen LogP contribution in [0.4, 0.5) is 0 Å². The molecule has 1 unspecified atom stereocenters. The van der Waals surface area contributed by atoms with Crippen LogP contribution >= 0.6 is 11.3 Å². The number of nitrogens with zero attached hydrogens (tertiary/aromatic N) is 2. The monoisotopic (exact) mass is 344 g/mol. The molecule has 1 aliphatic heterocycles. The summed E-state index contributed by atoms with van der Waals surface area (Å²) in [5.41, 5.74) is 1.86. The van der Waals surface area contributed by atoms with Gasteiger partial charge in [-0.25, -0.2) is 4.98 Å². The third kappa shape index (κ3) is 4.22. The molecule has 1 atom stereocenters. The lowest BCUT2D eigenvalue weighted by Gasteiger charge is -2.29. The lowest BCUT2D eigenvalue weighted by Crippen LogP contribution is -2.38. The summed E-state index contributed by atoms with van der Waals surface area (Å²) in [6.07, 6.45) is 1.41. The van der Waals surface area contributed by atoms with Gasteiger partial charge in [0, 0.05) is 24.0 Å². The first-order valence-corrected chi connectivity index (χ1v) is 9.27. The zero-order valence-electron chi connectivity index (χ0n) is 14.2. The molecule has 1 fully saturated rings. The van der Waals surface area contributed by atoms with Crippen molar-refractivity contribution in [1.29, 1.82) is 0 Å². The number of aromatic nitrogens is 1. The zero-order valence-corrected chi connectivity index (χ0v) is 15.1. The van der Waals surface area contributed by atoms with E-state index >= 15 is 0 Å². The Labute approximate surface area is 147 Å². The summed E-state index contributed by atoms with van der Waals surface area (Å²) < 4.78 is 0. The molecule has 1 saturated heterocycles. The highest BCUT2D eigenvalue weighted by Gasteiger charge is 2.31. The van der Waals surface area contributed by atoms with E-state index in [1.807, 2.05) is 40.6 Å². The maximum absolute atomic E-state index is 12.7. The van der Waals surface area contributed by atoms with Crippen LogP contribution < -0.4 is 0 Å². The Balaban J connectivity index is 1.68. The third-order valence-corrected chi connectivity index (χ3v) is 5.34. The quantitative estimate of drug-likeness (QED) is 0.929. The van der Waals surface area contributed by atoms with Crippen molar-refractivity contribution in [2.75, 3.05) is 13.1 Å². The number of rotatable bonds is 3. The van der Waals surface area contributed by atoms with E-state index < -0.39 is 0 Å². The molecular weight excluding hydrogens is 320 g/mol. The second kappa shape index (κ2) is 7.03. The summed E-state index contributed by atoms with van der Waals surface area (Å²) in [7, 11) is 0. The standard InChI is InChI=1S/C19H24N2O2S/c1-19(2)11-16(22)8-9-21(13-19)17(23)10-15-12-24-18(20-15)14-6-4-3-5-7-14/h3-7,12,16,22H,8-11,13H2,1-2H3. The summed E-state index contributed by atoms with van der Waals surface area (Å²) in [5.74, 6) is 0.0992. The minimum atomic E-state index is -0.318. The van der Waals surface area contributed by atoms with Crippen molar-refractivity contribution in [2.45, 2.75) is 39.2 Å². The van der Waals surface area contributed by atoms with Crippen LogP contribution in [0.15, 0.2) is 35.7 Å². The molecule has 2 heterocycles. The highest BCUT2D eigenvalue weighted by Crippen LogP contribution is 2.29. The third-order valence-electron chi connectivity index (χ3n) is 4.40. The molecule has 1 aliphatic rings. The largest absolute Gasteiger partial charge is 0.393 e. The second-order valence-corrected chi connectivity index (χ2v) is 8.17. The number of thiazole rings is 1. The zero-order chi connectivity index (χ0) is 17.2. The minimum absolute atomic E-state index is 0.0527. The van der Waals surface area contributed by atoms with Crippen molar-refractivity contribution < 1.29 is 9.90 Å². The molecule has 0 aliphatic carbocycles. The molecule has 0 saturated carbocycles. The molecule has 2 aromatic rings. The number of benzene rings is 1. The maximum Gasteiger partial charge on any atom is 0.228 e. The molecule has 0 radical (unpaired) electrons. The number of carbonyl (C=O) groups is 1. The first-order valence-electron chi connectivity index (χ1n) is 8.39. The summed E-state index contributed by atoms with van der Waals surface area (Å²) in [6, 6.07) is 10.0. The Morgan fingerprint density at radius 1 is 1.38 bits per heavy atom. The SMILES string of the molecule is CC1(C)CC(O)CCN(C(=O)Cc2csc(-c3ccccc3)n2)C1. The first-order chi connectivity index (χ1) is 11.4. The molecule has 1 N–H and O–H groups in total. The lowest BCUT2D eigenvalue weighted by molar-refractivity contribution is -0.131. The number of amides is 1. The number of likely N-dealkylation sites (tertiary alicyclic amines) is 1. The molecule has 0 spiro atoms. The molecule has 1 aromatic heterocycles. The maximum atomic E-state index is 12.7. The minimum Gasteiger partial charge on any atom is -0.393 e. The van der Waals surface area contributed by atoms with Crippen LogP contribution in [-0.4, -0.2) is 40.1 Å². The normalized spacial score (nSPS) is 20.6. The average molecular weight is 344 g/mol.